The molecule has 0 fully saturated rings. The molecule has 0 radical (unpaired) electrons. The van der Waals surface area contributed by atoms with E-state index in [9.17, 15) is 4.79 Å². The van der Waals surface area contributed by atoms with E-state index in [1.54, 1.807) is 7.11 Å². The van der Waals surface area contributed by atoms with E-state index in [0.29, 0.717) is 5.02 Å². The molecule has 148 valence electrons. The van der Waals surface area contributed by atoms with Crippen molar-refractivity contribution in [3.05, 3.63) is 76.8 Å². The van der Waals surface area contributed by atoms with Crippen molar-refractivity contribution in [2.24, 2.45) is 5.92 Å². The summed E-state index contributed by atoms with van der Waals surface area (Å²) in [6.45, 7) is 3.74. The Morgan fingerprint density at radius 1 is 1.10 bits per heavy atom. The predicted octanol–water partition coefficient (Wildman–Crippen LogP) is 6.09. The molecule has 4 nitrogen and oxygen atoms in total. The average molecular weight is 408 g/mol. The molecule has 0 spiro atoms. The molecule has 0 aliphatic carbocycles. The lowest BCUT2D eigenvalue weighted by Gasteiger charge is -2.30. The molecule has 5 heteroatoms. The standard InChI is InChI=1S/C24H22ClNO3/c1-14(2)24(27)26-17-10-11-18-19(13-17)23(15-6-4-7-16(25)12-15)29-21-9-5-8-20(28-3)22(18)21/h4-14,23H,1-3H3,(H,26,27). The highest BCUT2D eigenvalue weighted by Gasteiger charge is 2.30. The van der Waals surface area contributed by atoms with Crippen LogP contribution >= 0.6 is 11.6 Å². The minimum Gasteiger partial charge on any atom is -0.496 e. The van der Waals surface area contributed by atoms with Gasteiger partial charge in [0.1, 0.15) is 17.6 Å². The van der Waals surface area contributed by atoms with Gasteiger partial charge in [-0.05, 0) is 47.5 Å². The Kier molecular flexibility index (Phi) is 5.20. The van der Waals surface area contributed by atoms with Gasteiger partial charge < -0.3 is 14.8 Å². The number of nitrogens with one attached hydrogen (secondary N) is 1. The zero-order chi connectivity index (χ0) is 20.5. The summed E-state index contributed by atoms with van der Waals surface area (Å²) < 4.78 is 12.0. The van der Waals surface area contributed by atoms with Gasteiger partial charge in [-0.15, -0.1) is 0 Å². The fourth-order valence-corrected chi connectivity index (χ4v) is 3.72. The number of fused-ring (bicyclic) bond motifs is 3. The second kappa shape index (κ2) is 7.80. The number of methoxy groups -OCH3 is 1. The third-order valence-corrected chi connectivity index (χ3v) is 5.23. The minimum absolute atomic E-state index is 0.0287. The number of hydrogen-bond donors (Lipinski definition) is 1. The van der Waals surface area contributed by atoms with E-state index in [2.05, 4.69) is 5.32 Å². The first-order valence-corrected chi connectivity index (χ1v) is 9.90. The van der Waals surface area contributed by atoms with Gasteiger partial charge in [-0.1, -0.05) is 49.7 Å². The van der Waals surface area contributed by atoms with Gasteiger partial charge in [0.25, 0.3) is 0 Å². The van der Waals surface area contributed by atoms with Crippen LogP contribution in [0.1, 0.15) is 31.1 Å². The first-order chi connectivity index (χ1) is 14.0. The maximum atomic E-state index is 12.2. The van der Waals surface area contributed by atoms with Crippen LogP contribution in [0.2, 0.25) is 5.02 Å². The number of carbonyl (C=O) groups excluding carboxylic acids is 1. The van der Waals surface area contributed by atoms with Crippen LogP contribution in [-0.4, -0.2) is 13.0 Å². The van der Waals surface area contributed by atoms with E-state index in [1.165, 1.54) is 0 Å². The van der Waals surface area contributed by atoms with Crippen LogP contribution in [-0.2, 0) is 4.79 Å². The van der Waals surface area contributed by atoms with Crippen LogP contribution in [0, 0.1) is 5.92 Å². The molecule has 1 N–H and O–H groups in total. The van der Waals surface area contributed by atoms with Crippen LogP contribution in [0.25, 0.3) is 11.1 Å². The molecule has 1 aliphatic rings. The minimum atomic E-state index is -0.348. The second-order valence-electron chi connectivity index (χ2n) is 7.33. The lowest BCUT2D eigenvalue weighted by atomic mass is 9.88. The van der Waals surface area contributed by atoms with Crippen molar-refractivity contribution in [2.75, 3.05) is 12.4 Å². The zero-order valence-corrected chi connectivity index (χ0v) is 17.3. The van der Waals surface area contributed by atoms with Crippen LogP contribution in [0.3, 0.4) is 0 Å². The predicted molar refractivity (Wildman–Crippen MR) is 116 cm³/mol. The molecule has 29 heavy (non-hydrogen) atoms. The van der Waals surface area contributed by atoms with E-state index in [0.717, 1.165) is 39.4 Å². The summed E-state index contributed by atoms with van der Waals surface area (Å²) in [6, 6.07) is 19.3. The smallest absolute Gasteiger partial charge is 0.226 e. The van der Waals surface area contributed by atoms with Crippen LogP contribution in [0.4, 0.5) is 5.69 Å². The lowest BCUT2D eigenvalue weighted by Crippen LogP contribution is -2.19. The number of carbonyl (C=O) groups is 1. The molecule has 3 aromatic rings. The Morgan fingerprint density at radius 3 is 2.62 bits per heavy atom. The van der Waals surface area contributed by atoms with E-state index < -0.39 is 0 Å². The number of amides is 1. The highest BCUT2D eigenvalue weighted by Crippen LogP contribution is 2.49. The topological polar surface area (TPSA) is 47.6 Å². The summed E-state index contributed by atoms with van der Waals surface area (Å²) in [5, 5.41) is 3.62. The fraction of sp³-hybridized carbons (Fsp3) is 0.208. The molecule has 1 amide bonds. The molecule has 0 saturated carbocycles. The lowest BCUT2D eigenvalue weighted by molar-refractivity contribution is -0.118. The van der Waals surface area contributed by atoms with Crippen LogP contribution < -0.4 is 14.8 Å². The fourth-order valence-electron chi connectivity index (χ4n) is 3.52. The van der Waals surface area contributed by atoms with Gasteiger partial charge in [0, 0.05) is 22.2 Å². The molecular formula is C24H22ClNO3. The molecule has 4 rings (SSSR count). The summed E-state index contributed by atoms with van der Waals surface area (Å²) >= 11 is 6.24. The van der Waals surface area contributed by atoms with Gasteiger partial charge in [-0.2, -0.15) is 0 Å². The summed E-state index contributed by atoms with van der Waals surface area (Å²) in [5.41, 5.74) is 4.54. The third-order valence-electron chi connectivity index (χ3n) is 5.00. The number of ether oxygens (including phenoxy) is 2. The highest BCUT2D eigenvalue weighted by molar-refractivity contribution is 6.30. The number of rotatable bonds is 4. The maximum absolute atomic E-state index is 12.2. The molecule has 1 unspecified atom stereocenters. The third kappa shape index (κ3) is 3.68. The number of anilines is 1. The van der Waals surface area contributed by atoms with Gasteiger partial charge in [0.15, 0.2) is 0 Å². The normalized spacial score (nSPS) is 14.6. The SMILES string of the molecule is COc1cccc2c1-c1ccc(NC(=O)C(C)C)cc1C(c1cccc(Cl)c1)O2. The molecular weight excluding hydrogens is 386 g/mol. The van der Waals surface area contributed by atoms with Gasteiger partial charge in [-0.3, -0.25) is 4.79 Å². The van der Waals surface area contributed by atoms with Crippen molar-refractivity contribution < 1.29 is 14.3 Å². The van der Waals surface area contributed by atoms with Gasteiger partial charge in [0.2, 0.25) is 5.91 Å². The van der Waals surface area contributed by atoms with E-state index in [1.807, 2.05) is 74.5 Å². The number of halogens is 1. The van der Waals surface area contributed by atoms with E-state index >= 15 is 0 Å². The number of benzene rings is 3. The Balaban J connectivity index is 1.88. The van der Waals surface area contributed by atoms with Crippen molar-refractivity contribution in [3.8, 4) is 22.6 Å². The van der Waals surface area contributed by atoms with Crippen LogP contribution in [0.15, 0.2) is 60.7 Å². The van der Waals surface area contributed by atoms with Crippen molar-refractivity contribution in [1.82, 2.24) is 0 Å². The molecule has 1 aliphatic heterocycles. The molecule has 3 aromatic carbocycles. The van der Waals surface area contributed by atoms with Crippen LogP contribution in [0.5, 0.6) is 11.5 Å². The number of hydrogen-bond acceptors (Lipinski definition) is 3. The first-order valence-electron chi connectivity index (χ1n) is 9.52. The van der Waals surface area contributed by atoms with Crippen molar-refractivity contribution >= 4 is 23.2 Å². The molecule has 1 heterocycles. The Bertz CT molecular complexity index is 1080. The maximum Gasteiger partial charge on any atom is 0.226 e. The summed E-state index contributed by atoms with van der Waals surface area (Å²) in [7, 11) is 1.65. The summed E-state index contributed by atoms with van der Waals surface area (Å²) in [4.78, 5) is 12.2. The zero-order valence-electron chi connectivity index (χ0n) is 16.5. The van der Waals surface area contributed by atoms with Gasteiger partial charge in [0.05, 0.1) is 12.7 Å². The summed E-state index contributed by atoms with van der Waals surface area (Å²) in [5.74, 6) is 1.36. The van der Waals surface area contributed by atoms with Gasteiger partial charge in [-0.25, -0.2) is 0 Å². The largest absolute Gasteiger partial charge is 0.496 e. The molecule has 0 bridgehead atoms. The van der Waals surface area contributed by atoms with Gasteiger partial charge >= 0.3 is 0 Å². The van der Waals surface area contributed by atoms with E-state index in [4.69, 9.17) is 21.1 Å². The van der Waals surface area contributed by atoms with E-state index in [-0.39, 0.29) is 17.9 Å². The highest BCUT2D eigenvalue weighted by atomic mass is 35.5. The molecule has 0 saturated heterocycles. The van der Waals surface area contributed by atoms with Crippen molar-refractivity contribution in [1.29, 1.82) is 0 Å². The quantitative estimate of drug-likeness (QED) is 0.569. The first kappa shape index (κ1) is 19.3. The summed E-state index contributed by atoms with van der Waals surface area (Å²) in [6.07, 6.45) is -0.348. The molecule has 1 atom stereocenters. The van der Waals surface area contributed by atoms with Crippen molar-refractivity contribution in [2.45, 2.75) is 20.0 Å². The Morgan fingerprint density at radius 2 is 1.90 bits per heavy atom. The Hall–Kier alpha value is -2.98. The molecule has 0 aromatic heterocycles. The second-order valence-corrected chi connectivity index (χ2v) is 7.77. The monoisotopic (exact) mass is 407 g/mol. The Labute approximate surface area is 175 Å². The van der Waals surface area contributed by atoms with Crippen molar-refractivity contribution in [3.63, 3.8) is 0 Å². The average Bonchev–Trinajstić information content (AvgIpc) is 2.72.